The minimum absolute atomic E-state index is 0.00728. The zero-order chi connectivity index (χ0) is 21.1. The van der Waals surface area contributed by atoms with Crippen LogP contribution in [0.5, 0.6) is 5.75 Å². The second-order valence-corrected chi connectivity index (χ2v) is 6.38. The van der Waals surface area contributed by atoms with Crippen LogP contribution < -0.4 is 4.74 Å². The van der Waals surface area contributed by atoms with Crippen LogP contribution in [0.3, 0.4) is 0 Å². The van der Waals surface area contributed by atoms with E-state index in [1.165, 1.54) is 36.4 Å². The number of hydrogen-bond acceptors (Lipinski definition) is 7. The molecule has 0 saturated carbocycles. The lowest BCUT2D eigenvalue weighted by Crippen LogP contribution is -2.09. The maximum Gasteiger partial charge on any atom is 0.340 e. The first-order valence-electron chi connectivity index (χ1n) is 8.92. The Bertz CT molecular complexity index is 1210. The van der Waals surface area contributed by atoms with E-state index in [9.17, 15) is 13.6 Å². The molecule has 0 aliphatic rings. The number of benzene rings is 2. The number of rotatable bonds is 6. The molecular formula is C21H15F2N3O4. The van der Waals surface area contributed by atoms with Gasteiger partial charge < -0.3 is 14.0 Å². The van der Waals surface area contributed by atoms with E-state index >= 15 is 0 Å². The average Bonchev–Trinajstić information content (AvgIpc) is 3.19. The third kappa shape index (κ3) is 4.40. The molecule has 0 bridgehead atoms. The quantitative estimate of drug-likeness (QED) is 0.441. The van der Waals surface area contributed by atoms with Gasteiger partial charge >= 0.3 is 5.97 Å². The summed E-state index contributed by atoms with van der Waals surface area (Å²) in [5.41, 5.74) is 1.12. The Morgan fingerprint density at radius 2 is 1.77 bits per heavy atom. The normalized spacial score (nSPS) is 10.9. The van der Waals surface area contributed by atoms with E-state index in [4.69, 9.17) is 14.0 Å². The molecule has 152 valence electrons. The fraction of sp³-hybridized carbons (Fsp3) is 0.143. The SMILES string of the molecule is Cc1nc2cc(F)ccc2cc1C(=O)OCc1nc(COc2ccc(F)cc2)no1. The van der Waals surface area contributed by atoms with Crippen molar-refractivity contribution in [2.24, 2.45) is 0 Å². The Morgan fingerprint density at radius 3 is 2.57 bits per heavy atom. The summed E-state index contributed by atoms with van der Waals surface area (Å²) < 4.78 is 41.9. The minimum atomic E-state index is -0.617. The van der Waals surface area contributed by atoms with Gasteiger partial charge in [-0.15, -0.1) is 0 Å². The van der Waals surface area contributed by atoms with Crippen LogP contribution in [-0.2, 0) is 18.0 Å². The second-order valence-electron chi connectivity index (χ2n) is 6.38. The van der Waals surface area contributed by atoms with Crippen LogP contribution in [0, 0.1) is 18.6 Å². The zero-order valence-electron chi connectivity index (χ0n) is 15.8. The first-order chi connectivity index (χ1) is 14.5. The molecule has 0 aliphatic carbocycles. The number of aryl methyl sites for hydroxylation is 1. The Balaban J connectivity index is 1.37. The van der Waals surface area contributed by atoms with Gasteiger partial charge in [-0.05, 0) is 49.4 Å². The van der Waals surface area contributed by atoms with Crippen molar-refractivity contribution in [2.45, 2.75) is 20.1 Å². The van der Waals surface area contributed by atoms with Gasteiger partial charge in [-0.3, -0.25) is 4.98 Å². The van der Waals surface area contributed by atoms with E-state index in [1.807, 2.05) is 0 Å². The maximum absolute atomic E-state index is 13.3. The molecule has 0 N–H and O–H groups in total. The minimum Gasteiger partial charge on any atom is -0.485 e. The van der Waals surface area contributed by atoms with Crippen molar-refractivity contribution in [3.05, 3.63) is 83.1 Å². The van der Waals surface area contributed by atoms with Crippen LogP contribution in [0.4, 0.5) is 8.78 Å². The Morgan fingerprint density at radius 1 is 1.00 bits per heavy atom. The van der Waals surface area contributed by atoms with E-state index in [1.54, 1.807) is 19.1 Å². The van der Waals surface area contributed by atoms with Crippen molar-refractivity contribution in [3.8, 4) is 5.75 Å². The molecular weight excluding hydrogens is 396 g/mol. The molecule has 0 atom stereocenters. The number of fused-ring (bicyclic) bond motifs is 1. The number of halogens is 2. The summed E-state index contributed by atoms with van der Waals surface area (Å²) in [5.74, 6) is -0.595. The van der Waals surface area contributed by atoms with Crippen molar-refractivity contribution >= 4 is 16.9 Å². The molecule has 7 nitrogen and oxygen atoms in total. The first kappa shape index (κ1) is 19.4. The molecule has 4 aromatic rings. The molecule has 0 fully saturated rings. The van der Waals surface area contributed by atoms with Gasteiger partial charge in [-0.25, -0.2) is 13.6 Å². The average molecular weight is 411 g/mol. The van der Waals surface area contributed by atoms with E-state index < -0.39 is 11.8 Å². The van der Waals surface area contributed by atoms with Gasteiger partial charge in [0.1, 0.15) is 17.4 Å². The van der Waals surface area contributed by atoms with Crippen LogP contribution in [0.2, 0.25) is 0 Å². The fourth-order valence-corrected chi connectivity index (χ4v) is 2.73. The number of esters is 1. The summed E-state index contributed by atoms with van der Waals surface area (Å²) >= 11 is 0. The molecule has 0 aliphatic heterocycles. The second kappa shape index (κ2) is 8.24. The molecule has 4 rings (SSSR count). The van der Waals surface area contributed by atoms with Gasteiger partial charge in [-0.2, -0.15) is 4.98 Å². The lowest BCUT2D eigenvalue weighted by molar-refractivity contribution is 0.0428. The van der Waals surface area contributed by atoms with Crippen molar-refractivity contribution < 1.29 is 27.6 Å². The molecule has 0 spiro atoms. The van der Waals surface area contributed by atoms with Crippen molar-refractivity contribution in [2.75, 3.05) is 0 Å². The lowest BCUT2D eigenvalue weighted by Gasteiger charge is -2.07. The highest BCUT2D eigenvalue weighted by molar-refractivity contribution is 5.95. The largest absolute Gasteiger partial charge is 0.485 e. The third-order valence-corrected chi connectivity index (χ3v) is 4.21. The first-order valence-corrected chi connectivity index (χ1v) is 8.92. The van der Waals surface area contributed by atoms with Crippen LogP contribution in [0.15, 0.2) is 53.1 Å². The number of hydrogen-bond donors (Lipinski definition) is 0. The van der Waals surface area contributed by atoms with Gasteiger partial charge in [0.25, 0.3) is 5.89 Å². The number of ether oxygens (including phenoxy) is 2. The zero-order valence-corrected chi connectivity index (χ0v) is 15.8. The highest BCUT2D eigenvalue weighted by atomic mass is 19.1. The van der Waals surface area contributed by atoms with E-state index in [0.29, 0.717) is 22.3 Å². The summed E-state index contributed by atoms with van der Waals surface area (Å²) in [6, 6.07) is 11.2. The Labute approximate surface area is 169 Å². The Hall–Kier alpha value is -3.88. The van der Waals surface area contributed by atoms with Crippen LogP contribution in [0.1, 0.15) is 27.8 Å². The lowest BCUT2D eigenvalue weighted by atomic mass is 10.1. The summed E-state index contributed by atoms with van der Waals surface area (Å²) in [7, 11) is 0. The van der Waals surface area contributed by atoms with Crippen molar-refractivity contribution in [3.63, 3.8) is 0 Å². The molecule has 2 aromatic heterocycles. The standard InChI is InChI=1S/C21H15F2N3O4/c1-12-17(8-13-2-3-15(23)9-18(13)24-12)21(27)29-11-20-25-19(26-30-20)10-28-16-6-4-14(22)5-7-16/h2-9H,10-11H2,1H3. The maximum atomic E-state index is 13.3. The molecule has 0 unspecified atom stereocenters. The predicted octanol–water partition coefficient (Wildman–Crippen LogP) is 4.14. The third-order valence-electron chi connectivity index (χ3n) is 4.21. The summed E-state index contributed by atoms with van der Waals surface area (Å²) in [6.45, 7) is 1.41. The molecule has 0 saturated heterocycles. The highest BCUT2D eigenvalue weighted by Crippen LogP contribution is 2.19. The fourth-order valence-electron chi connectivity index (χ4n) is 2.73. The molecule has 0 amide bonds. The van der Waals surface area contributed by atoms with Gasteiger partial charge in [0, 0.05) is 11.5 Å². The number of nitrogens with zero attached hydrogens (tertiary/aromatic N) is 3. The number of carbonyl (C=O) groups excluding carboxylic acids is 1. The van der Waals surface area contributed by atoms with E-state index in [-0.39, 0.29) is 36.3 Å². The highest BCUT2D eigenvalue weighted by Gasteiger charge is 2.16. The molecule has 2 heterocycles. The predicted molar refractivity (Wildman–Crippen MR) is 101 cm³/mol. The van der Waals surface area contributed by atoms with Crippen molar-refractivity contribution in [1.82, 2.24) is 15.1 Å². The topological polar surface area (TPSA) is 87.3 Å². The monoisotopic (exact) mass is 411 g/mol. The summed E-state index contributed by atoms with van der Waals surface area (Å²) in [5, 5.41) is 4.36. The molecule has 9 heteroatoms. The number of carbonyl (C=O) groups is 1. The number of pyridine rings is 1. The van der Waals surface area contributed by atoms with Crippen molar-refractivity contribution in [1.29, 1.82) is 0 Å². The van der Waals surface area contributed by atoms with Gasteiger partial charge in [0.2, 0.25) is 5.82 Å². The summed E-state index contributed by atoms with van der Waals surface area (Å²) in [6.07, 6.45) is 0. The molecule has 2 aromatic carbocycles. The Kier molecular flexibility index (Phi) is 5.34. The van der Waals surface area contributed by atoms with Gasteiger partial charge in [-0.1, -0.05) is 5.16 Å². The van der Waals surface area contributed by atoms with Crippen LogP contribution in [-0.4, -0.2) is 21.1 Å². The smallest absolute Gasteiger partial charge is 0.340 e. The molecule has 30 heavy (non-hydrogen) atoms. The van der Waals surface area contributed by atoms with E-state index in [0.717, 1.165) is 0 Å². The van der Waals surface area contributed by atoms with Crippen LogP contribution >= 0.6 is 0 Å². The number of aromatic nitrogens is 3. The van der Waals surface area contributed by atoms with Gasteiger partial charge in [0.05, 0.1) is 16.8 Å². The molecule has 0 radical (unpaired) electrons. The van der Waals surface area contributed by atoms with Gasteiger partial charge in [0.15, 0.2) is 13.2 Å². The van der Waals surface area contributed by atoms with E-state index in [2.05, 4.69) is 15.1 Å². The van der Waals surface area contributed by atoms with Crippen LogP contribution in [0.25, 0.3) is 10.9 Å². The summed E-state index contributed by atoms with van der Waals surface area (Å²) in [4.78, 5) is 20.7.